The van der Waals surface area contributed by atoms with Gasteiger partial charge in [-0.1, -0.05) is 6.92 Å². The summed E-state index contributed by atoms with van der Waals surface area (Å²) in [6, 6.07) is 4.36. The Labute approximate surface area is 94.0 Å². The topological polar surface area (TPSA) is 29.5 Å². The highest BCUT2D eigenvalue weighted by Gasteiger charge is 2.48. The maximum atomic E-state index is 13.1. The molecular formula is C13H15FO2. The molecule has 3 heteroatoms. The van der Waals surface area contributed by atoms with Gasteiger partial charge in [-0.15, -0.1) is 0 Å². The van der Waals surface area contributed by atoms with Crippen molar-refractivity contribution in [2.45, 2.75) is 37.9 Å². The van der Waals surface area contributed by atoms with Gasteiger partial charge in [0, 0.05) is 18.1 Å². The second kappa shape index (κ2) is 3.20. The number of hydrogen-bond donors (Lipinski definition) is 1. The summed E-state index contributed by atoms with van der Waals surface area (Å²) in [4.78, 5) is 0. The Bertz CT molecular complexity index is 424. The smallest absolute Gasteiger partial charge is 0.128 e. The van der Waals surface area contributed by atoms with Crippen LogP contribution in [0.1, 0.15) is 37.9 Å². The van der Waals surface area contributed by atoms with Crippen molar-refractivity contribution in [3.63, 3.8) is 0 Å². The van der Waals surface area contributed by atoms with E-state index in [-0.39, 0.29) is 11.4 Å². The zero-order valence-electron chi connectivity index (χ0n) is 9.24. The van der Waals surface area contributed by atoms with Crippen LogP contribution in [0, 0.1) is 11.7 Å². The van der Waals surface area contributed by atoms with Crippen molar-refractivity contribution in [3.05, 3.63) is 29.6 Å². The predicted molar refractivity (Wildman–Crippen MR) is 57.7 cm³/mol. The van der Waals surface area contributed by atoms with Crippen molar-refractivity contribution >= 4 is 0 Å². The number of aliphatic hydroxyl groups excluding tert-OH is 1. The molecule has 86 valence electrons. The fraction of sp³-hybridized carbons (Fsp3) is 0.538. The molecule has 1 spiro atoms. The van der Waals surface area contributed by atoms with E-state index in [4.69, 9.17) is 4.74 Å². The first-order valence-electron chi connectivity index (χ1n) is 5.74. The van der Waals surface area contributed by atoms with Crippen LogP contribution in [0.5, 0.6) is 5.75 Å². The SMILES string of the molecule is CC1CC2(C1)C[C@@H](O)c1ccc(F)cc1O2. The van der Waals surface area contributed by atoms with Crippen LogP contribution in [0.2, 0.25) is 0 Å². The first kappa shape index (κ1) is 10.1. The number of rotatable bonds is 0. The summed E-state index contributed by atoms with van der Waals surface area (Å²) in [5.74, 6) is 0.850. The van der Waals surface area contributed by atoms with Crippen LogP contribution in [0.3, 0.4) is 0 Å². The van der Waals surface area contributed by atoms with Crippen molar-refractivity contribution < 1.29 is 14.2 Å². The van der Waals surface area contributed by atoms with E-state index in [9.17, 15) is 9.50 Å². The van der Waals surface area contributed by atoms with Crippen molar-refractivity contribution in [3.8, 4) is 5.75 Å². The maximum absolute atomic E-state index is 13.1. The summed E-state index contributed by atoms with van der Waals surface area (Å²) in [5, 5.41) is 10.0. The Morgan fingerprint density at radius 3 is 2.81 bits per heavy atom. The molecule has 0 unspecified atom stereocenters. The summed E-state index contributed by atoms with van der Waals surface area (Å²) in [6.07, 6.45) is 2.03. The van der Waals surface area contributed by atoms with Crippen molar-refractivity contribution in [2.24, 2.45) is 5.92 Å². The molecule has 1 atom stereocenters. The minimum atomic E-state index is -0.517. The lowest BCUT2D eigenvalue weighted by molar-refractivity contribution is -0.0927. The van der Waals surface area contributed by atoms with Gasteiger partial charge in [-0.3, -0.25) is 0 Å². The van der Waals surface area contributed by atoms with Gasteiger partial charge in [0.1, 0.15) is 17.2 Å². The van der Waals surface area contributed by atoms with Gasteiger partial charge in [0.05, 0.1) is 6.10 Å². The minimum Gasteiger partial charge on any atom is -0.487 e. The Morgan fingerprint density at radius 2 is 2.12 bits per heavy atom. The number of hydrogen-bond acceptors (Lipinski definition) is 2. The van der Waals surface area contributed by atoms with E-state index in [0.29, 0.717) is 23.7 Å². The zero-order valence-corrected chi connectivity index (χ0v) is 9.24. The minimum absolute atomic E-state index is 0.236. The van der Waals surface area contributed by atoms with Crippen LogP contribution in [-0.2, 0) is 0 Å². The van der Waals surface area contributed by atoms with Gasteiger partial charge in [-0.05, 0) is 30.9 Å². The van der Waals surface area contributed by atoms with Gasteiger partial charge in [0.25, 0.3) is 0 Å². The third-order valence-corrected chi connectivity index (χ3v) is 3.67. The lowest BCUT2D eigenvalue weighted by Gasteiger charge is -2.50. The Hall–Kier alpha value is -1.09. The molecule has 0 radical (unpaired) electrons. The van der Waals surface area contributed by atoms with E-state index >= 15 is 0 Å². The maximum Gasteiger partial charge on any atom is 0.128 e. The summed E-state index contributed by atoms with van der Waals surface area (Å²) >= 11 is 0. The van der Waals surface area contributed by atoms with Crippen LogP contribution >= 0.6 is 0 Å². The number of ether oxygens (including phenoxy) is 1. The van der Waals surface area contributed by atoms with Crippen molar-refractivity contribution in [1.82, 2.24) is 0 Å². The second-order valence-corrected chi connectivity index (χ2v) is 5.20. The summed E-state index contributed by atoms with van der Waals surface area (Å²) in [6.45, 7) is 2.17. The first-order valence-corrected chi connectivity index (χ1v) is 5.74. The Kier molecular flexibility index (Phi) is 2.02. The molecule has 1 fully saturated rings. The zero-order chi connectivity index (χ0) is 11.3. The lowest BCUT2D eigenvalue weighted by atomic mass is 9.67. The average Bonchev–Trinajstić information content (AvgIpc) is 2.14. The van der Waals surface area contributed by atoms with E-state index in [1.54, 1.807) is 6.07 Å². The standard InChI is InChI=1S/C13H15FO2/c1-8-5-13(6-8)7-11(15)10-3-2-9(14)4-12(10)16-13/h2-4,8,11,15H,5-7H2,1H3/t8?,11-,13?/m1/s1. The van der Waals surface area contributed by atoms with Gasteiger partial charge in [-0.2, -0.15) is 0 Å². The molecule has 1 aliphatic heterocycles. The highest BCUT2D eigenvalue weighted by atomic mass is 19.1. The summed E-state index contributed by atoms with van der Waals surface area (Å²) < 4.78 is 19.0. The Balaban J connectivity index is 1.95. The molecule has 0 aromatic heterocycles. The molecule has 0 bridgehead atoms. The fourth-order valence-corrected chi connectivity index (χ4v) is 3.07. The molecule has 0 saturated heterocycles. The van der Waals surface area contributed by atoms with Gasteiger partial charge in [0.2, 0.25) is 0 Å². The van der Waals surface area contributed by atoms with Crippen LogP contribution < -0.4 is 4.74 Å². The quantitative estimate of drug-likeness (QED) is 0.731. The normalized spacial score (nSPS) is 36.4. The van der Waals surface area contributed by atoms with Crippen LogP contribution in [0.25, 0.3) is 0 Å². The largest absolute Gasteiger partial charge is 0.487 e. The predicted octanol–water partition coefficient (Wildman–Crippen LogP) is 2.81. The van der Waals surface area contributed by atoms with Crippen LogP contribution in [-0.4, -0.2) is 10.7 Å². The van der Waals surface area contributed by atoms with Crippen molar-refractivity contribution in [2.75, 3.05) is 0 Å². The second-order valence-electron chi connectivity index (χ2n) is 5.20. The molecule has 16 heavy (non-hydrogen) atoms. The van der Waals surface area contributed by atoms with Gasteiger partial charge in [0.15, 0.2) is 0 Å². The number of fused-ring (bicyclic) bond motifs is 1. The van der Waals surface area contributed by atoms with Crippen LogP contribution in [0.15, 0.2) is 18.2 Å². The highest BCUT2D eigenvalue weighted by Crippen LogP contribution is 2.51. The van der Waals surface area contributed by atoms with E-state index in [1.165, 1.54) is 12.1 Å². The van der Waals surface area contributed by atoms with Gasteiger partial charge < -0.3 is 9.84 Å². The summed E-state index contributed by atoms with van der Waals surface area (Å²) in [5.41, 5.74) is 0.478. The molecule has 0 amide bonds. The number of halogens is 1. The van der Waals surface area contributed by atoms with Gasteiger partial charge in [-0.25, -0.2) is 4.39 Å². The molecule has 1 aliphatic carbocycles. The molecule has 1 heterocycles. The fourth-order valence-electron chi connectivity index (χ4n) is 3.07. The Morgan fingerprint density at radius 1 is 1.38 bits per heavy atom. The molecule has 1 N–H and O–H groups in total. The molecule has 3 rings (SSSR count). The molecule has 2 nitrogen and oxygen atoms in total. The number of benzene rings is 1. The lowest BCUT2D eigenvalue weighted by Crippen LogP contribution is -2.51. The molecule has 1 aromatic carbocycles. The molecule has 1 saturated carbocycles. The third kappa shape index (κ3) is 1.42. The first-order chi connectivity index (χ1) is 7.58. The molecular weight excluding hydrogens is 207 g/mol. The van der Waals surface area contributed by atoms with Crippen LogP contribution in [0.4, 0.5) is 4.39 Å². The van der Waals surface area contributed by atoms with E-state index in [0.717, 1.165) is 12.8 Å². The van der Waals surface area contributed by atoms with Crippen molar-refractivity contribution in [1.29, 1.82) is 0 Å². The monoisotopic (exact) mass is 222 g/mol. The molecule has 2 aliphatic rings. The van der Waals surface area contributed by atoms with Gasteiger partial charge >= 0.3 is 0 Å². The van der Waals surface area contributed by atoms with E-state index in [2.05, 4.69) is 6.92 Å². The van der Waals surface area contributed by atoms with E-state index < -0.39 is 6.10 Å². The summed E-state index contributed by atoms with van der Waals surface area (Å²) in [7, 11) is 0. The highest BCUT2D eigenvalue weighted by molar-refractivity contribution is 5.39. The van der Waals surface area contributed by atoms with E-state index in [1.807, 2.05) is 0 Å². The average molecular weight is 222 g/mol. The molecule has 1 aromatic rings. The number of aliphatic hydroxyl groups is 1. The third-order valence-electron chi connectivity index (χ3n) is 3.67.